The van der Waals surface area contributed by atoms with Crippen LogP contribution < -0.4 is 44.2 Å². The summed E-state index contributed by atoms with van der Waals surface area (Å²) in [5, 5.41) is 31.4. The van der Waals surface area contributed by atoms with Crippen molar-refractivity contribution >= 4 is 89.2 Å². The molecular formula is C77H131N13O21S. The molecule has 2 aliphatic heterocycles. The number of thiol groups is 1. The van der Waals surface area contributed by atoms with E-state index in [9.17, 15) is 53.4 Å². The van der Waals surface area contributed by atoms with E-state index in [-0.39, 0.29) is 158 Å². The number of aliphatic carboxylic acids is 1. The quantitative estimate of drug-likeness (QED) is 0.0192. The van der Waals surface area contributed by atoms with Crippen molar-refractivity contribution in [3.8, 4) is 5.75 Å². The largest absolute Gasteiger partial charge is 0.508 e. The lowest BCUT2D eigenvalue weighted by Gasteiger charge is -2.35. The average molecular weight is 1610 g/mol. The molecule has 8 atom stereocenters. The van der Waals surface area contributed by atoms with Gasteiger partial charge in [0.25, 0.3) is 0 Å². The van der Waals surface area contributed by atoms with Crippen LogP contribution in [0.3, 0.4) is 0 Å². The zero-order chi connectivity index (χ0) is 82.8. The van der Waals surface area contributed by atoms with Crippen LogP contribution in [0, 0.1) is 29.1 Å². The van der Waals surface area contributed by atoms with Gasteiger partial charge in [-0.3, -0.25) is 62.7 Å². The molecule has 7 amide bonds. The smallest absolute Gasteiger partial charge is 0.306 e. The number of guanidine groups is 2. The Balaban J connectivity index is 1.55. The van der Waals surface area contributed by atoms with Crippen molar-refractivity contribution in [2.45, 2.75) is 187 Å². The summed E-state index contributed by atoms with van der Waals surface area (Å²) < 4.78 is 44.0. The maximum absolute atomic E-state index is 15.2. The molecule has 1 aromatic carbocycles. The second kappa shape index (κ2) is 56.6. The number of aliphatic imine (C=N–C) groups is 2. The van der Waals surface area contributed by atoms with E-state index in [0.717, 1.165) is 0 Å². The fraction of sp³-hybridized carbons (Fsp3) is 0.753. The van der Waals surface area contributed by atoms with Crippen molar-refractivity contribution < 1.29 is 101 Å². The molecule has 112 heavy (non-hydrogen) atoms. The number of rotatable bonds is 63. The SMILES string of the molecule is CC(=O)N[C@@H](CCCCNC(=O)CCOCCOCCOCCOCCOCCOCCOCCOCCNC(=O)CCS)C(=O)N1CCC[C@H]1C(=O)N(C)[C@@H](CCCN=C(N)N)C(=O)C[C@@H](CCCN=C(N)N)C(=O)N1CCC[C@H]1C(=O)C[C@@H](Cc1ccc(O)cc1)C(=O)N[C@H](C(=O)C[C@@H](CC(C)C)C(=O)O)C(C)(C)C. The molecule has 0 aliphatic carbocycles. The van der Waals surface area contributed by atoms with E-state index in [0.29, 0.717) is 142 Å². The van der Waals surface area contributed by atoms with Crippen LogP contribution in [0.2, 0.25) is 0 Å². The van der Waals surface area contributed by atoms with Crippen LogP contribution in [0.5, 0.6) is 5.75 Å². The Morgan fingerprint density at radius 2 is 1.06 bits per heavy atom. The fourth-order valence-electron chi connectivity index (χ4n) is 13.1. The van der Waals surface area contributed by atoms with E-state index < -0.39 is 113 Å². The Kier molecular flexibility index (Phi) is 49.8. The first kappa shape index (κ1) is 98.6. The number of carbonyl (C=O) groups is 11. The number of nitrogens with one attached hydrogen (secondary N) is 4. The Bertz CT molecular complexity index is 3070. The Hall–Kier alpha value is -7.64. The molecule has 34 nitrogen and oxygen atoms in total. The van der Waals surface area contributed by atoms with Gasteiger partial charge in [0.05, 0.1) is 130 Å². The molecule has 2 saturated heterocycles. The fourth-order valence-corrected chi connectivity index (χ4v) is 13.3. The number of carbonyl (C=O) groups excluding carboxylic acids is 10. The monoisotopic (exact) mass is 1610 g/mol. The van der Waals surface area contributed by atoms with E-state index in [1.165, 1.54) is 40.8 Å². The molecule has 0 spiro atoms. The van der Waals surface area contributed by atoms with Crippen LogP contribution in [-0.2, 0) is 97.1 Å². The van der Waals surface area contributed by atoms with E-state index >= 15 is 9.59 Å². The third-order valence-corrected chi connectivity index (χ3v) is 19.0. The number of hydrogen-bond donors (Lipinski definition) is 11. The van der Waals surface area contributed by atoms with Gasteiger partial charge in [-0.25, -0.2) is 0 Å². The zero-order valence-electron chi connectivity index (χ0n) is 67.1. The summed E-state index contributed by atoms with van der Waals surface area (Å²) in [6.45, 7) is 17.6. The third kappa shape index (κ3) is 41.4. The molecule has 2 aliphatic rings. The van der Waals surface area contributed by atoms with Crippen LogP contribution >= 0.6 is 12.6 Å². The van der Waals surface area contributed by atoms with E-state index in [4.69, 9.17) is 60.8 Å². The van der Waals surface area contributed by atoms with Gasteiger partial charge in [0.2, 0.25) is 41.4 Å². The van der Waals surface area contributed by atoms with Crippen LogP contribution in [0.1, 0.15) is 156 Å². The first-order valence-electron chi connectivity index (χ1n) is 39.4. The molecule has 0 bridgehead atoms. The van der Waals surface area contributed by atoms with Gasteiger partial charge < -0.3 is 107 Å². The summed E-state index contributed by atoms with van der Waals surface area (Å²) in [7, 11) is 1.46. The number of ether oxygens (including phenoxy) is 8. The van der Waals surface area contributed by atoms with E-state index in [1.54, 1.807) is 32.9 Å². The molecular weight excluding hydrogens is 1470 g/mol. The zero-order valence-corrected chi connectivity index (χ0v) is 68.0. The van der Waals surface area contributed by atoms with Gasteiger partial charge in [0.1, 0.15) is 17.8 Å². The minimum atomic E-state index is -1.16. The normalized spacial score (nSPS) is 15.8. The Labute approximate surface area is 665 Å². The molecule has 0 saturated carbocycles. The number of phenolic OH excluding ortho intramolecular Hbond substituents is 1. The number of aromatic hydroxyl groups is 1. The molecule has 0 aromatic heterocycles. The summed E-state index contributed by atoms with van der Waals surface area (Å²) >= 11 is 4.02. The van der Waals surface area contributed by atoms with Gasteiger partial charge >= 0.3 is 5.97 Å². The highest BCUT2D eigenvalue weighted by Crippen LogP contribution is 2.31. The van der Waals surface area contributed by atoms with Crippen molar-refractivity contribution in [2.24, 2.45) is 62.0 Å². The number of likely N-dealkylation sites (N-methyl/N-ethyl adjacent to an activating group) is 1. The maximum atomic E-state index is 15.2. The predicted molar refractivity (Wildman–Crippen MR) is 423 cm³/mol. The average Bonchev–Trinajstić information content (AvgIpc) is 1.59. The Morgan fingerprint density at radius 3 is 1.56 bits per heavy atom. The van der Waals surface area contributed by atoms with E-state index in [2.05, 4.69) is 43.9 Å². The Morgan fingerprint density at radius 1 is 0.580 bits per heavy atom. The summed E-state index contributed by atoms with van der Waals surface area (Å²) in [6, 6.07) is 0.734. The second-order valence-corrected chi connectivity index (χ2v) is 30.0. The molecule has 1 aromatic rings. The minimum absolute atomic E-state index is 0.00458. The number of unbranched alkanes of at least 4 members (excludes halogenated alkanes) is 1. The topological polar surface area (TPSA) is 489 Å². The molecule has 0 radical (unpaired) electrons. The highest BCUT2D eigenvalue weighted by atomic mass is 32.1. The van der Waals surface area contributed by atoms with Crippen LogP contribution in [0.25, 0.3) is 0 Å². The number of nitrogens with two attached hydrogens (primary N) is 4. The van der Waals surface area contributed by atoms with Gasteiger partial charge in [0, 0.05) is 97.2 Å². The number of nitrogens with zero attached hydrogens (tertiary/aromatic N) is 5. The molecule has 636 valence electrons. The number of benzene rings is 1. The van der Waals surface area contributed by atoms with Crippen molar-refractivity contribution in [2.75, 3.05) is 158 Å². The predicted octanol–water partition coefficient (Wildman–Crippen LogP) is 1.99. The number of amides is 7. The van der Waals surface area contributed by atoms with Crippen molar-refractivity contribution in [1.82, 2.24) is 36.0 Å². The van der Waals surface area contributed by atoms with Crippen LogP contribution in [-0.4, -0.2) is 289 Å². The van der Waals surface area contributed by atoms with Gasteiger partial charge in [-0.05, 0) is 118 Å². The van der Waals surface area contributed by atoms with Gasteiger partial charge in [0.15, 0.2) is 29.3 Å². The minimum Gasteiger partial charge on any atom is -0.508 e. The highest BCUT2D eigenvalue weighted by Gasteiger charge is 2.44. The summed E-state index contributed by atoms with van der Waals surface area (Å²) in [5.41, 5.74) is 22.4. The van der Waals surface area contributed by atoms with Crippen LogP contribution in [0.15, 0.2) is 34.3 Å². The van der Waals surface area contributed by atoms with Gasteiger partial charge in [-0.2, -0.15) is 12.6 Å². The van der Waals surface area contributed by atoms with Crippen molar-refractivity contribution in [1.29, 1.82) is 0 Å². The molecule has 35 heteroatoms. The summed E-state index contributed by atoms with van der Waals surface area (Å²) in [6.07, 6.45) is 2.61. The summed E-state index contributed by atoms with van der Waals surface area (Å²) in [5.74, 6) is -8.56. The van der Waals surface area contributed by atoms with Crippen molar-refractivity contribution in [3.05, 3.63) is 29.8 Å². The molecule has 0 unspecified atom stereocenters. The summed E-state index contributed by atoms with van der Waals surface area (Å²) in [4.78, 5) is 164. The van der Waals surface area contributed by atoms with Crippen LogP contribution in [0.4, 0.5) is 0 Å². The lowest BCUT2D eigenvalue weighted by Crippen LogP contribution is -2.55. The number of hydrogen-bond acceptors (Lipinski definition) is 23. The van der Waals surface area contributed by atoms with E-state index in [1.807, 2.05) is 13.8 Å². The maximum Gasteiger partial charge on any atom is 0.306 e. The second-order valence-electron chi connectivity index (χ2n) is 29.6. The van der Waals surface area contributed by atoms with Gasteiger partial charge in [-0.1, -0.05) is 46.8 Å². The standard InChI is InChI=1S/C77H131N13O21S/c1-53(2)48-58(74(102)103)52-66(95)69(77(4,5)6)87-70(98)57(49-55-19-21-59(92)22-20-55)51-65(94)62-17-12-29-89(62)71(99)56(14-10-26-84-75(78)79)50-64(93)61(16-11-27-85-76(80)81)88(7)73(101)63-18-13-30-90(63)72(100)60(86-54(3)91)15-8-9-25-82-67(96)23-31-104-33-35-106-37-39-108-41-43-110-45-46-111-44-42-109-40-38-107-36-34-105-32-28-83-68(97)24-47-112/h19-22,53,56-58,60-63,69,92,112H,8-18,23-52H2,1-7H3,(H,82,96)(H,83,97)(H,86,91)(H,87,98)(H,102,103)(H4,78,79,84)(H4,80,81,85)/t56-,57-,58-,60+,61+,62+,63+,69-/m1/s1. The third-order valence-electron chi connectivity index (χ3n) is 18.8. The molecule has 14 N–H and O–H groups in total. The number of Topliss-reactive ketones (excluding diaryl/α,β-unsaturated/α-hetero) is 3. The van der Waals surface area contributed by atoms with Crippen molar-refractivity contribution in [3.63, 3.8) is 0 Å². The number of ketones is 3. The number of phenols is 1. The molecule has 2 heterocycles. The lowest BCUT2D eigenvalue weighted by atomic mass is 9.80. The lowest BCUT2D eigenvalue weighted by molar-refractivity contribution is -0.148. The first-order chi connectivity index (χ1) is 53.4. The number of carboxylic acids is 1. The number of likely N-dealkylation sites (tertiary alicyclic amines) is 2. The van der Waals surface area contributed by atoms with Gasteiger partial charge in [-0.15, -0.1) is 0 Å². The number of carboxylic acid groups (broad SMARTS) is 1. The highest BCUT2D eigenvalue weighted by molar-refractivity contribution is 7.80. The molecule has 2 fully saturated rings. The molecule has 3 rings (SSSR count). The first-order valence-corrected chi connectivity index (χ1v) is 40.0.